The third-order valence-corrected chi connectivity index (χ3v) is 5.76. The zero-order valence-corrected chi connectivity index (χ0v) is 16.6. The van der Waals surface area contributed by atoms with Gasteiger partial charge in [0, 0.05) is 22.4 Å². The normalized spacial score (nSPS) is 10.7. The average Bonchev–Trinajstić information content (AvgIpc) is 3.32. The molecule has 0 aliphatic heterocycles. The van der Waals surface area contributed by atoms with E-state index in [1.165, 1.54) is 4.88 Å². The van der Waals surface area contributed by atoms with Crippen molar-refractivity contribution in [1.82, 2.24) is 9.88 Å². The van der Waals surface area contributed by atoms with Gasteiger partial charge in [-0.2, -0.15) is 0 Å². The van der Waals surface area contributed by atoms with Crippen LogP contribution in [0.1, 0.15) is 24.4 Å². The molecule has 3 aromatic rings. The maximum Gasteiger partial charge on any atom is 0.228 e. The second-order valence-electron chi connectivity index (χ2n) is 5.77. The first-order chi connectivity index (χ1) is 12.7. The van der Waals surface area contributed by atoms with Crippen LogP contribution in [0.25, 0.3) is 10.6 Å². The molecule has 0 spiro atoms. The lowest BCUT2D eigenvalue weighted by Gasteiger charge is -2.19. The number of hydrogen-bond donors (Lipinski definition) is 0. The van der Waals surface area contributed by atoms with E-state index in [1.54, 1.807) is 22.7 Å². The van der Waals surface area contributed by atoms with Crippen LogP contribution in [0.5, 0.6) is 5.75 Å². The smallest absolute Gasteiger partial charge is 0.228 e. The van der Waals surface area contributed by atoms with Crippen molar-refractivity contribution in [3.05, 3.63) is 57.7 Å². The van der Waals surface area contributed by atoms with E-state index in [4.69, 9.17) is 4.74 Å². The molecule has 0 atom stereocenters. The number of thiophene rings is 1. The minimum absolute atomic E-state index is 0.115. The van der Waals surface area contributed by atoms with Gasteiger partial charge in [-0.25, -0.2) is 4.98 Å². The van der Waals surface area contributed by atoms with Gasteiger partial charge in [-0.3, -0.25) is 4.79 Å². The molecule has 2 aromatic heterocycles. The predicted molar refractivity (Wildman–Crippen MR) is 108 cm³/mol. The minimum Gasteiger partial charge on any atom is -0.494 e. The Labute approximate surface area is 162 Å². The Bertz CT molecular complexity index is 826. The molecular formula is C20H22N2O2S2. The van der Waals surface area contributed by atoms with Gasteiger partial charge in [0.05, 0.1) is 25.3 Å². The molecule has 0 fully saturated rings. The van der Waals surface area contributed by atoms with Gasteiger partial charge in [0.2, 0.25) is 5.91 Å². The van der Waals surface area contributed by atoms with E-state index in [0.29, 0.717) is 26.1 Å². The van der Waals surface area contributed by atoms with E-state index in [-0.39, 0.29) is 5.91 Å². The third-order valence-electron chi connectivity index (χ3n) is 3.96. The van der Waals surface area contributed by atoms with Gasteiger partial charge in [0.25, 0.3) is 0 Å². The summed E-state index contributed by atoms with van der Waals surface area (Å²) in [6.07, 6.45) is 0.340. The van der Waals surface area contributed by atoms with Crippen molar-refractivity contribution in [2.24, 2.45) is 0 Å². The molecule has 3 rings (SSSR count). The molecule has 0 N–H and O–H groups in total. The Balaban J connectivity index is 1.64. The standard InChI is InChI=1S/C20H22N2O2S2/c1-3-22(13-18-6-5-11-25-18)19(23)12-16-14-26-20(21-16)15-7-9-17(10-8-15)24-4-2/h5-11,14H,3-4,12-13H2,1-2H3. The van der Waals surface area contributed by atoms with E-state index < -0.39 is 0 Å². The highest BCUT2D eigenvalue weighted by Crippen LogP contribution is 2.26. The van der Waals surface area contributed by atoms with E-state index in [9.17, 15) is 4.79 Å². The maximum absolute atomic E-state index is 12.6. The summed E-state index contributed by atoms with van der Waals surface area (Å²) in [7, 11) is 0. The molecule has 0 saturated heterocycles. The molecule has 136 valence electrons. The molecule has 0 aliphatic carbocycles. The molecular weight excluding hydrogens is 364 g/mol. The van der Waals surface area contributed by atoms with Crippen LogP contribution >= 0.6 is 22.7 Å². The second-order valence-corrected chi connectivity index (χ2v) is 7.66. The zero-order valence-electron chi connectivity index (χ0n) is 15.0. The number of rotatable bonds is 8. The van der Waals surface area contributed by atoms with Crippen molar-refractivity contribution in [1.29, 1.82) is 0 Å². The van der Waals surface area contributed by atoms with Crippen molar-refractivity contribution in [2.45, 2.75) is 26.8 Å². The van der Waals surface area contributed by atoms with Crippen LogP contribution in [0.15, 0.2) is 47.2 Å². The van der Waals surface area contributed by atoms with Crippen molar-refractivity contribution in [3.63, 3.8) is 0 Å². The number of ether oxygens (including phenoxy) is 1. The average molecular weight is 387 g/mol. The van der Waals surface area contributed by atoms with E-state index in [0.717, 1.165) is 22.0 Å². The molecule has 0 bridgehead atoms. The lowest BCUT2D eigenvalue weighted by molar-refractivity contribution is -0.130. The highest BCUT2D eigenvalue weighted by molar-refractivity contribution is 7.13. The number of thiazole rings is 1. The van der Waals surface area contributed by atoms with Crippen LogP contribution in [0.2, 0.25) is 0 Å². The fraction of sp³-hybridized carbons (Fsp3) is 0.300. The van der Waals surface area contributed by atoms with Crippen LogP contribution in [0, 0.1) is 0 Å². The summed E-state index contributed by atoms with van der Waals surface area (Å²) in [4.78, 5) is 20.3. The van der Waals surface area contributed by atoms with Gasteiger partial charge in [-0.15, -0.1) is 22.7 Å². The van der Waals surface area contributed by atoms with E-state index in [2.05, 4.69) is 11.1 Å². The first-order valence-electron chi connectivity index (χ1n) is 8.67. The predicted octanol–water partition coefficient (Wildman–Crippen LogP) is 4.86. The highest BCUT2D eigenvalue weighted by Gasteiger charge is 2.15. The highest BCUT2D eigenvalue weighted by atomic mass is 32.1. The topological polar surface area (TPSA) is 42.4 Å². The first-order valence-corrected chi connectivity index (χ1v) is 10.4. The van der Waals surface area contributed by atoms with Gasteiger partial charge < -0.3 is 9.64 Å². The van der Waals surface area contributed by atoms with Crippen molar-refractivity contribution < 1.29 is 9.53 Å². The molecule has 2 heterocycles. The Morgan fingerprint density at radius 3 is 2.62 bits per heavy atom. The Hall–Kier alpha value is -2.18. The fourth-order valence-corrected chi connectivity index (χ4v) is 4.16. The third kappa shape index (κ3) is 4.71. The summed E-state index contributed by atoms with van der Waals surface area (Å²) in [5, 5.41) is 4.94. The van der Waals surface area contributed by atoms with Crippen LogP contribution in [-0.4, -0.2) is 28.9 Å². The van der Waals surface area contributed by atoms with Crippen LogP contribution in [0.4, 0.5) is 0 Å². The quantitative estimate of drug-likeness (QED) is 0.555. The van der Waals surface area contributed by atoms with E-state index >= 15 is 0 Å². The lowest BCUT2D eigenvalue weighted by Crippen LogP contribution is -2.31. The van der Waals surface area contributed by atoms with Crippen LogP contribution in [-0.2, 0) is 17.8 Å². The Morgan fingerprint density at radius 2 is 1.96 bits per heavy atom. The Kier molecular flexibility index (Phi) is 6.41. The molecule has 0 saturated carbocycles. The number of nitrogens with zero attached hydrogens (tertiary/aromatic N) is 2. The molecule has 26 heavy (non-hydrogen) atoms. The van der Waals surface area contributed by atoms with Crippen molar-refractivity contribution in [3.8, 4) is 16.3 Å². The number of hydrogen-bond acceptors (Lipinski definition) is 5. The number of carbonyl (C=O) groups is 1. The van der Waals surface area contributed by atoms with Crippen LogP contribution in [0.3, 0.4) is 0 Å². The lowest BCUT2D eigenvalue weighted by atomic mass is 10.2. The zero-order chi connectivity index (χ0) is 18.4. The van der Waals surface area contributed by atoms with E-state index in [1.807, 2.05) is 59.8 Å². The SMILES string of the molecule is CCOc1ccc(-c2nc(CC(=O)N(CC)Cc3cccs3)cs2)cc1. The fourth-order valence-electron chi connectivity index (χ4n) is 2.61. The monoisotopic (exact) mass is 386 g/mol. The summed E-state index contributed by atoms with van der Waals surface area (Å²) in [5.41, 5.74) is 1.87. The number of aromatic nitrogens is 1. The van der Waals surface area contributed by atoms with Gasteiger partial charge in [-0.1, -0.05) is 6.07 Å². The van der Waals surface area contributed by atoms with Crippen molar-refractivity contribution in [2.75, 3.05) is 13.2 Å². The van der Waals surface area contributed by atoms with Gasteiger partial charge in [-0.05, 0) is 49.6 Å². The largest absolute Gasteiger partial charge is 0.494 e. The summed E-state index contributed by atoms with van der Waals surface area (Å²) in [6.45, 7) is 6.01. The molecule has 6 heteroatoms. The van der Waals surface area contributed by atoms with Crippen LogP contribution < -0.4 is 4.74 Å². The molecule has 0 unspecified atom stereocenters. The number of carbonyl (C=O) groups excluding carboxylic acids is 1. The number of likely N-dealkylation sites (N-methyl/N-ethyl adjacent to an activating group) is 1. The maximum atomic E-state index is 12.6. The second kappa shape index (κ2) is 8.96. The molecule has 4 nitrogen and oxygen atoms in total. The summed E-state index contributed by atoms with van der Waals surface area (Å²) < 4.78 is 5.47. The van der Waals surface area contributed by atoms with Gasteiger partial charge in [0.1, 0.15) is 10.8 Å². The number of amides is 1. The van der Waals surface area contributed by atoms with Crippen molar-refractivity contribution >= 4 is 28.6 Å². The summed E-state index contributed by atoms with van der Waals surface area (Å²) in [6, 6.07) is 12.0. The van der Waals surface area contributed by atoms with Gasteiger partial charge >= 0.3 is 0 Å². The molecule has 1 aromatic carbocycles. The molecule has 0 aliphatic rings. The Morgan fingerprint density at radius 1 is 1.15 bits per heavy atom. The molecule has 1 amide bonds. The summed E-state index contributed by atoms with van der Waals surface area (Å²) >= 11 is 3.25. The first kappa shape index (κ1) is 18.6. The minimum atomic E-state index is 0.115. The van der Waals surface area contributed by atoms with Gasteiger partial charge in [0.15, 0.2) is 0 Å². The number of benzene rings is 1. The summed E-state index contributed by atoms with van der Waals surface area (Å²) in [5.74, 6) is 0.972. The molecule has 0 radical (unpaired) electrons.